The van der Waals surface area contributed by atoms with Gasteiger partial charge in [-0.25, -0.2) is 4.98 Å². The first-order valence-corrected chi connectivity index (χ1v) is 12.8. The van der Waals surface area contributed by atoms with Crippen molar-refractivity contribution in [2.75, 3.05) is 20.8 Å². The van der Waals surface area contributed by atoms with Gasteiger partial charge in [-0.05, 0) is 48.7 Å². The highest BCUT2D eigenvalue weighted by Gasteiger charge is 2.40. The van der Waals surface area contributed by atoms with Gasteiger partial charge >= 0.3 is 0 Å². The van der Waals surface area contributed by atoms with Gasteiger partial charge in [-0.1, -0.05) is 48.5 Å². The van der Waals surface area contributed by atoms with Crippen molar-refractivity contribution < 1.29 is 19.1 Å². The number of para-hydroxylation sites is 2. The third-order valence-electron chi connectivity index (χ3n) is 7.10. The fourth-order valence-electron chi connectivity index (χ4n) is 5.12. The van der Waals surface area contributed by atoms with Crippen LogP contribution in [0.4, 0.5) is 0 Å². The summed E-state index contributed by atoms with van der Waals surface area (Å²) in [4.78, 5) is 33.7. The van der Waals surface area contributed by atoms with E-state index in [4.69, 9.17) is 14.5 Å². The second kappa shape index (κ2) is 11.0. The number of nitrogens with zero attached hydrogens (tertiary/aromatic N) is 3. The zero-order valence-electron chi connectivity index (χ0n) is 21.9. The van der Waals surface area contributed by atoms with Crippen molar-refractivity contribution in [3.05, 3.63) is 89.7 Å². The lowest BCUT2D eigenvalue weighted by Gasteiger charge is -2.38. The molecule has 0 unspecified atom stereocenters. The van der Waals surface area contributed by atoms with Crippen LogP contribution in [-0.4, -0.2) is 47.0 Å². The maximum Gasteiger partial charge on any atom is 0.247 e. The molecule has 2 amide bonds. The minimum absolute atomic E-state index is 0.0378. The predicted molar refractivity (Wildman–Crippen MR) is 145 cm³/mol. The fourth-order valence-corrected chi connectivity index (χ4v) is 5.12. The molecule has 0 saturated carbocycles. The lowest BCUT2D eigenvalue weighted by Crippen LogP contribution is -2.46. The molecule has 0 radical (unpaired) electrons. The van der Waals surface area contributed by atoms with Gasteiger partial charge in [0.25, 0.3) is 0 Å². The molecule has 0 bridgehead atoms. The molecule has 0 saturated heterocycles. The van der Waals surface area contributed by atoms with E-state index in [1.165, 1.54) is 0 Å². The lowest BCUT2D eigenvalue weighted by molar-refractivity contribution is -0.142. The van der Waals surface area contributed by atoms with E-state index in [0.717, 1.165) is 28.0 Å². The molecule has 2 atom stereocenters. The summed E-state index contributed by atoms with van der Waals surface area (Å²) in [5.41, 5.74) is 3.74. The van der Waals surface area contributed by atoms with E-state index in [1.54, 1.807) is 14.2 Å². The van der Waals surface area contributed by atoms with Gasteiger partial charge in [-0.2, -0.15) is 0 Å². The Hall–Kier alpha value is -4.33. The molecule has 0 fully saturated rings. The minimum Gasteiger partial charge on any atom is -0.493 e. The largest absolute Gasteiger partial charge is 0.493 e. The van der Waals surface area contributed by atoms with Gasteiger partial charge in [-0.15, -0.1) is 0 Å². The minimum atomic E-state index is -0.668. The maximum atomic E-state index is 13.9. The lowest BCUT2D eigenvalue weighted by atomic mass is 10.0. The number of methoxy groups -OCH3 is 2. The highest BCUT2D eigenvalue weighted by Crippen LogP contribution is 2.37. The summed E-state index contributed by atoms with van der Waals surface area (Å²) in [6, 6.07) is 22.5. The molecule has 0 aliphatic carbocycles. The molecule has 4 aromatic rings. The number of amides is 2. The standard InChI is InChI=1S/C30H32N4O4/c1-20-29-32-23-11-7-8-12-24(23)34(29)25(30(36)33(20)19-22-9-5-4-6-10-22)18-28(35)31-16-15-21-13-14-26(37-2)27(17-21)38-3/h4-14,17,20,25H,15-16,18-19H2,1-3H3,(H,31,35)/t20-,25+/m0/s1. The summed E-state index contributed by atoms with van der Waals surface area (Å²) in [5.74, 6) is 1.85. The number of imidazole rings is 1. The second-order valence-electron chi connectivity index (χ2n) is 9.47. The molecular formula is C30H32N4O4. The van der Waals surface area contributed by atoms with Crippen LogP contribution in [0.2, 0.25) is 0 Å². The van der Waals surface area contributed by atoms with Crippen LogP contribution in [0, 0.1) is 0 Å². The molecule has 196 valence electrons. The number of aromatic nitrogens is 2. The van der Waals surface area contributed by atoms with E-state index in [1.807, 2.05) is 89.2 Å². The van der Waals surface area contributed by atoms with Gasteiger partial charge in [0.1, 0.15) is 11.9 Å². The van der Waals surface area contributed by atoms with Crippen molar-refractivity contribution in [2.45, 2.75) is 38.4 Å². The van der Waals surface area contributed by atoms with E-state index in [-0.39, 0.29) is 24.3 Å². The van der Waals surface area contributed by atoms with Gasteiger partial charge < -0.3 is 24.3 Å². The SMILES string of the molecule is COc1ccc(CCNC(=O)C[C@@H]2C(=O)N(Cc3ccccc3)[C@@H](C)c3nc4ccccc4n32)cc1OC. The first-order valence-electron chi connectivity index (χ1n) is 12.8. The van der Waals surface area contributed by atoms with Crippen LogP contribution in [0.25, 0.3) is 11.0 Å². The van der Waals surface area contributed by atoms with Gasteiger partial charge in [0.15, 0.2) is 11.5 Å². The zero-order valence-corrected chi connectivity index (χ0v) is 21.9. The fraction of sp³-hybridized carbons (Fsp3) is 0.300. The van der Waals surface area contributed by atoms with Gasteiger partial charge in [0.05, 0.1) is 37.7 Å². The molecule has 8 heteroatoms. The van der Waals surface area contributed by atoms with Crippen molar-refractivity contribution in [3.63, 3.8) is 0 Å². The predicted octanol–water partition coefficient (Wildman–Crippen LogP) is 4.45. The number of nitrogens with one attached hydrogen (secondary N) is 1. The molecule has 1 N–H and O–H groups in total. The first kappa shape index (κ1) is 25.3. The summed E-state index contributed by atoms with van der Waals surface area (Å²) in [6.07, 6.45) is 0.664. The van der Waals surface area contributed by atoms with E-state index in [0.29, 0.717) is 31.0 Å². The Morgan fingerprint density at radius 1 is 0.947 bits per heavy atom. The number of hydrogen-bond donors (Lipinski definition) is 1. The van der Waals surface area contributed by atoms with Crippen LogP contribution >= 0.6 is 0 Å². The Kier molecular flexibility index (Phi) is 7.31. The summed E-state index contributed by atoms with van der Waals surface area (Å²) >= 11 is 0. The third kappa shape index (κ3) is 4.94. The molecule has 2 heterocycles. The molecule has 3 aromatic carbocycles. The smallest absolute Gasteiger partial charge is 0.247 e. The molecular weight excluding hydrogens is 480 g/mol. The van der Waals surface area contributed by atoms with Crippen LogP contribution in [0.3, 0.4) is 0 Å². The van der Waals surface area contributed by atoms with Crippen molar-refractivity contribution in [1.29, 1.82) is 0 Å². The van der Waals surface area contributed by atoms with Crippen molar-refractivity contribution in [3.8, 4) is 11.5 Å². The van der Waals surface area contributed by atoms with E-state index < -0.39 is 6.04 Å². The number of carbonyl (C=O) groups is 2. The Balaban J connectivity index is 1.35. The molecule has 5 rings (SSSR count). The number of hydrogen-bond acceptors (Lipinski definition) is 5. The van der Waals surface area contributed by atoms with Crippen LogP contribution in [-0.2, 0) is 22.6 Å². The summed E-state index contributed by atoms with van der Waals surface area (Å²) in [7, 11) is 3.20. The summed E-state index contributed by atoms with van der Waals surface area (Å²) in [6.45, 7) is 2.90. The van der Waals surface area contributed by atoms with Crippen molar-refractivity contribution in [1.82, 2.24) is 19.8 Å². The number of fused-ring (bicyclic) bond motifs is 3. The molecule has 8 nitrogen and oxygen atoms in total. The average molecular weight is 513 g/mol. The monoisotopic (exact) mass is 512 g/mol. The highest BCUT2D eigenvalue weighted by molar-refractivity contribution is 5.90. The maximum absolute atomic E-state index is 13.9. The molecule has 0 spiro atoms. The number of carbonyl (C=O) groups excluding carboxylic acids is 2. The second-order valence-corrected chi connectivity index (χ2v) is 9.47. The van der Waals surface area contributed by atoms with Gasteiger partial charge in [0, 0.05) is 13.1 Å². The average Bonchev–Trinajstić information content (AvgIpc) is 3.33. The van der Waals surface area contributed by atoms with E-state index in [2.05, 4.69) is 5.32 Å². The van der Waals surface area contributed by atoms with Crippen LogP contribution < -0.4 is 14.8 Å². The van der Waals surface area contributed by atoms with Gasteiger partial charge in [0.2, 0.25) is 11.8 Å². The number of ether oxygens (including phenoxy) is 2. The summed E-state index contributed by atoms with van der Waals surface area (Å²) in [5, 5.41) is 3.00. The molecule has 1 aliphatic rings. The zero-order chi connectivity index (χ0) is 26.6. The molecule has 1 aliphatic heterocycles. The Labute approximate surface area is 222 Å². The van der Waals surface area contributed by atoms with Crippen LogP contribution in [0.5, 0.6) is 11.5 Å². The number of rotatable bonds is 9. The van der Waals surface area contributed by atoms with Crippen LogP contribution in [0.1, 0.15) is 42.4 Å². The Bertz CT molecular complexity index is 1450. The quantitative estimate of drug-likeness (QED) is 0.358. The third-order valence-corrected chi connectivity index (χ3v) is 7.10. The van der Waals surface area contributed by atoms with E-state index in [9.17, 15) is 9.59 Å². The van der Waals surface area contributed by atoms with E-state index >= 15 is 0 Å². The van der Waals surface area contributed by atoms with Crippen molar-refractivity contribution >= 4 is 22.8 Å². The molecule has 38 heavy (non-hydrogen) atoms. The highest BCUT2D eigenvalue weighted by atomic mass is 16.5. The number of benzene rings is 3. The Morgan fingerprint density at radius 2 is 1.68 bits per heavy atom. The topological polar surface area (TPSA) is 85.7 Å². The first-order chi connectivity index (χ1) is 18.5. The van der Waals surface area contributed by atoms with Crippen LogP contribution in [0.15, 0.2) is 72.8 Å². The van der Waals surface area contributed by atoms with Gasteiger partial charge in [-0.3, -0.25) is 9.59 Å². The summed E-state index contributed by atoms with van der Waals surface area (Å²) < 4.78 is 12.6. The Morgan fingerprint density at radius 3 is 2.45 bits per heavy atom. The van der Waals surface area contributed by atoms with Crippen molar-refractivity contribution in [2.24, 2.45) is 0 Å². The normalized spacial score (nSPS) is 16.8. The molecule has 1 aromatic heterocycles.